The van der Waals surface area contributed by atoms with Gasteiger partial charge in [-0.25, -0.2) is 0 Å². The van der Waals surface area contributed by atoms with Crippen LogP contribution in [-0.2, 0) is 8.85 Å². The molecule has 0 amide bonds. The number of halogens is 21. The molecule has 0 saturated carbocycles. The highest BCUT2D eigenvalue weighted by Gasteiger charge is 2.99. The van der Waals surface area contributed by atoms with Gasteiger partial charge in [-0.05, 0) is 13.8 Å². The average Bonchev–Trinajstić information content (AvgIpc) is 2.70. The van der Waals surface area contributed by atoms with Crippen LogP contribution in [0.1, 0.15) is 13.8 Å². The van der Waals surface area contributed by atoms with Crippen molar-refractivity contribution in [3.8, 4) is 0 Å². The fourth-order valence-corrected chi connectivity index (χ4v) is 5.01. The molecule has 0 radical (unpaired) electrons. The number of hydrogen-bond acceptors (Lipinski definition) is 2. The summed E-state index contributed by atoms with van der Waals surface area (Å²) in [5.41, 5.74) is -7.04. The van der Waals surface area contributed by atoms with Crippen molar-refractivity contribution >= 4 is 8.56 Å². The van der Waals surface area contributed by atoms with E-state index in [9.17, 15) is 92.2 Å². The van der Waals surface area contributed by atoms with Gasteiger partial charge >= 0.3 is 67.7 Å². The molecule has 0 atom stereocenters. The van der Waals surface area contributed by atoms with E-state index < -0.39 is 79.2 Å². The maximum Gasteiger partial charge on any atom is 0.538 e. The van der Waals surface area contributed by atoms with Crippen LogP contribution >= 0.6 is 0 Å². The molecule has 0 fully saturated rings. The fourth-order valence-electron chi connectivity index (χ4n) is 2.66. The van der Waals surface area contributed by atoms with Crippen molar-refractivity contribution in [1.29, 1.82) is 0 Å². The Morgan fingerprint density at radius 3 is 0.805 bits per heavy atom. The molecule has 0 aliphatic rings. The molecular formula is C17H13F21O2Si. The number of rotatable bonds is 13. The summed E-state index contributed by atoms with van der Waals surface area (Å²) in [6.07, 6.45) is -8.03. The predicted molar refractivity (Wildman–Crippen MR) is 94.0 cm³/mol. The van der Waals surface area contributed by atoms with Gasteiger partial charge in [0.2, 0.25) is 0 Å². The van der Waals surface area contributed by atoms with Crippen LogP contribution in [0.25, 0.3) is 0 Å². The van der Waals surface area contributed by atoms with E-state index in [-0.39, 0.29) is 6.55 Å². The first-order chi connectivity index (χ1) is 17.3. The smallest absolute Gasteiger partial charge is 0.513 e. The van der Waals surface area contributed by atoms with Gasteiger partial charge in [-0.3, -0.25) is 0 Å². The van der Waals surface area contributed by atoms with Crippen molar-refractivity contribution in [2.45, 2.75) is 79.5 Å². The molecule has 2 nitrogen and oxygen atoms in total. The Morgan fingerprint density at radius 1 is 0.415 bits per heavy atom. The minimum atomic E-state index is -9.24. The lowest BCUT2D eigenvalue weighted by molar-refractivity contribution is -0.472. The summed E-state index contributed by atoms with van der Waals surface area (Å²) in [5.74, 6) is -73.3. The van der Waals surface area contributed by atoms with E-state index in [4.69, 9.17) is 0 Å². The van der Waals surface area contributed by atoms with Crippen LogP contribution in [0.3, 0.4) is 0 Å². The average molecular weight is 676 g/mol. The van der Waals surface area contributed by atoms with Crippen LogP contribution < -0.4 is 0 Å². The summed E-state index contributed by atoms with van der Waals surface area (Å²) in [5, 5.41) is 0. The van der Waals surface area contributed by atoms with Gasteiger partial charge in [-0.2, -0.15) is 92.2 Å². The topological polar surface area (TPSA) is 18.5 Å². The summed E-state index contributed by atoms with van der Waals surface area (Å²) in [4.78, 5) is 0. The van der Waals surface area contributed by atoms with Crippen LogP contribution in [0.2, 0.25) is 6.55 Å². The molecule has 0 aliphatic heterocycles. The normalized spacial score (nSPS) is 16.0. The third-order valence-electron chi connectivity index (χ3n) is 4.82. The highest BCUT2D eigenvalue weighted by Crippen LogP contribution is 2.66. The van der Waals surface area contributed by atoms with Gasteiger partial charge in [0.05, 0.1) is 11.5 Å². The minimum Gasteiger partial charge on any atom is -0.513 e. The van der Waals surface area contributed by atoms with E-state index >= 15 is 0 Å². The Bertz CT molecular complexity index is 996. The largest absolute Gasteiger partial charge is 0.538 e. The van der Waals surface area contributed by atoms with Gasteiger partial charge in [0, 0.05) is 6.55 Å². The van der Waals surface area contributed by atoms with E-state index in [1.807, 2.05) is 0 Å². The molecule has 0 unspecified atom stereocenters. The molecule has 0 saturated heterocycles. The SMILES string of the molecule is C=C(C)O[Si](C)(OC(=C)C)C(F)(F)C(F)(F)C(F)(F)C(F)(F)C(F)(F)C(F)(F)C(F)(F)C(F)(F)C(F)(F)C(F)(F)F. The third-order valence-corrected chi connectivity index (χ3v) is 7.75. The Balaban J connectivity index is 7.38. The van der Waals surface area contributed by atoms with Crippen molar-refractivity contribution in [3.63, 3.8) is 0 Å². The number of hydrogen-bond donors (Lipinski definition) is 0. The number of alkyl halides is 21. The molecule has 24 heteroatoms. The zero-order valence-electron chi connectivity index (χ0n) is 19.7. The van der Waals surface area contributed by atoms with Crippen LogP contribution in [0.4, 0.5) is 92.2 Å². The zero-order valence-corrected chi connectivity index (χ0v) is 20.7. The maximum absolute atomic E-state index is 14.6. The summed E-state index contributed by atoms with van der Waals surface area (Å²) in [6, 6.07) is 0. The second-order valence-electron chi connectivity index (χ2n) is 8.22. The first kappa shape index (κ1) is 38.8. The zero-order chi connectivity index (χ0) is 34.1. The molecule has 0 aromatic carbocycles. The Kier molecular flexibility index (Phi) is 9.42. The first-order valence-electron chi connectivity index (χ1n) is 9.49. The second kappa shape index (κ2) is 9.94. The quantitative estimate of drug-likeness (QED) is 0.110. The molecule has 244 valence electrons. The Morgan fingerprint density at radius 2 is 0.610 bits per heavy atom. The monoisotopic (exact) mass is 676 g/mol. The summed E-state index contributed by atoms with van der Waals surface area (Å²) < 4.78 is 293. The molecule has 0 aromatic heterocycles. The Labute approximate surface area is 215 Å². The van der Waals surface area contributed by atoms with Crippen molar-refractivity contribution in [2.75, 3.05) is 0 Å². The maximum atomic E-state index is 14.6. The molecule has 0 aromatic rings. The third kappa shape index (κ3) is 5.07. The van der Waals surface area contributed by atoms with E-state index in [2.05, 4.69) is 22.0 Å². The van der Waals surface area contributed by atoms with Crippen LogP contribution in [0, 0.1) is 0 Å². The van der Waals surface area contributed by atoms with Gasteiger partial charge in [-0.1, -0.05) is 13.2 Å². The summed E-state index contributed by atoms with van der Waals surface area (Å²) >= 11 is 0. The minimum absolute atomic E-state index is 0.362. The fraction of sp³-hybridized carbons (Fsp3) is 0.765. The highest BCUT2D eigenvalue weighted by atomic mass is 28.4. The van der Waals surface area contributed by atoms with E-state index in [0.717, 1.165) is 0 Å². The lowest BCUT2D eigenvalue weighted by Crippen LogP contribution is -2.78. The van der Waals surface area contributed by atoms with E-state index in [1.54, 1.807) is 0 Å². The van der Waals surface area contributed by atoms with E-state index in [0.29, 0.717) is 13.8 Å². The van der Waals surface area contributed by atoms with Crippen LogP contribution in [0.15, 0.2) is 24.7 Å². The lowest BCUT2D eigenvalue weighted by Gasteiger charge is -2.46. The molecule has 0 N–H and O–H groups in total. The molecule has 0 spiro atoms. The summed E-state index contributed by atoms with van der Waals surface area (Å²) in [7, 11) is -6.67. The molecular weight excluding hydrogens is 663 g/mol. The Hall–Kier alpha value is -2.17. The van der Waals surface area contributed by atoms with Crippen molar-refractivity contribution in [1.82, 2.24) is 0 Å². The van der Waals surface area contributed by atoms with Crippen LogP contribution in [-0.4, -0.2) is 67.7 Å². The van der Waals surface area contributed by atoms with E-state index in [1.165, 1.54) is 0 Å². The van der Waals surface area contributed by atoms with Gasteiger partial charge in [-0.15, -0.1) is 0 Å². The van der Waals surface area contributed by atoms with Crippen molar-refractivity contribution in [2.24, 2.45) is 0 Å². The van der Waals surface area contributed by atoms with Crippen LogP contribution in [0.5, 0.6) is 0 Å². The number of allylic oxidation sites excluding steroid dienone is 2. The van der Waals surface area contributed by atoms with Gasteiger partial charge in [0.15, 0.2) is 0 Å². The predicted octanol–water partition coefficient (Wildman–Crippen LogP) is 8.98. The molecule has 0 heterocycles. The molecule has 0 bridgehead atoms. The first-order valence-corrected chi connectivity index (χ1v) is 11.8. The van der Waals surface area contributed by atoms with Gasteiger partial charge in [0.1, 0.15) is 0 Å². The second-order valence-corrected chi connectivity index (χ2v) is 11.1. The highest BCUT2D eigenvalue weighted by molar-refractivity contribution is 6.69. The molecule has 0 rings (SSSR count). The van der Waals surface area contributed by atoms with Gasteiger partial charge in [0.25, 0.3) is 0 Å². The van der Waals surface area contributed by atoms with Crippen molar-refractivity contribution in [3.05, 3.63) is 24.7 Å². The lowest BCUT2D eigenvalue weighted by atomic mass is 9.87. The standard InChI is InChI=1S/C17H13F21O2Si/c1-6(2)39-41(5,40-7(3)4)17(37,38)15(32,33)13(28,29)11(24,25)9(20,21)8(18,19)10(22,23)12(26,27)14(30,31)16(34,35)36/h1,3H2,2,4-5H3. The van der Waals surface area contributed by atoms with Crippen molar-refractivity contribution < 1.29 is 101 Å². The summed E-state index contributed by atoms with van der Waals surface area (Å²) in [6.45, 7) is 6.01. The molecule has 41 heavy (non-hydrogen) atoms. The molecule has 0 aliphatic carbocycles. The van der Waals surface area contributed by atoms with Gasteiger partial charge < -0.3 is 8.85 Å².